The summed E-state index contributed by atoms with van der Waals surface area (Å²) in [4.78, 5) is 13.9. The first-order valence-electron chi connectivity index (χ1n) is 10.3. The fraction of sp³-hybridized carbons (Fsp3) is 0.667. The summed E-state index contributed by atoms with van der Waals surface area (Å²) in [6.45, 7) is 0.384. The molecular weight excluding hydrogens is 376 g/mol. The van der Waals surface area contributed by atoms with Crippen molar-refractivity contribution in [3.63, 3.8) is 0 Å². The Labute approximate surface area is 169 Å². The average molecular weight is 404 g/mol. The number of aromatic hydroxyl groups is 1. The minimum Gasteiger partial charge on any atom is -0.504 e. The number of aliphatic hydroxyl groups is 1. The van der Waals surface area contributed by atoms with Crippen molar-refractivity contribution in [3.05, 3.63) is 23.3 Å². The molecule has 2 aliphatic carbocycles. The topological polar surface area (TPSA) is 111 Å². The van der Waals surface area contributed by atoms with E-state index < -0.39 is 29.6 Å². The summed E-state index contributed by atoms with van der Waals surface area (Å²) in [5.74, 6) is -0.454. The van der Waals surface area contributed by atoms with Crippen LogP contribution in [0, 0.1) is 0 Å². The molecule has 6 atom stereocenters. The van der Waals surface area contributed by atoms with Crippen molar-refractivity contribution in [2.75, 3.05) is 27.3 Å². The molecule has 29 heavy (non-hydrogen) atoms. The maximum atomic E-state index is 11.5. The monoisotopic (exact) mass is 404 g/mol. The molecule has 8 nitrogen and oxygen atoms in total. The number of aliphatic carboxylic acids is 1. The third-order valence-corrected chi connectivity index (χ3v) is 7.95. The number of likely N-dealkylation sites (tertiary alicyclic amines) is 1. The third-order valence-electron chi connectivity index (χ3n) is 7.95. The van der Waals surface area contributed by atoms with Crippen LogP contribution in [0.15, 0.2) is 12.1 Å². The van der Waals surface area contributed by atoms with Gasteiger partial charge in [-0.25, -0.2) is 0 Å². The number of nitrogens with zero attached hydrogens (tertiary/aromatic N) is 1. The standard InChI is InChI=1S/C21H28N2O6/c1-23-8-7-20-16-11-3-4-14(25)17(16)29-18(20)12(22-13(10-24)19(26)27)5-6-21(20,28-2)15(23)9-11/h3-4,12-13,15,18,22,24-25H,5-10H2,1-2H3,(H,26,27)/t12-,13?,15?,18+,20+,21-/m1/s1. The van der Waals surface area contributed by atoms with Crippen molar-refractivity contribution in [1.82, 2.24) is 10.2 Å². The minimum atomic E-state index is -1.09. The molecule has 158 valence electrons. The first-order valence-corrected chi connectivity index (χ1v) is 10.3. The number of piperidine rings is 1. The third kappa shape index (κ3) is 2.20. The van der Waals surface area contributed by atoms with Gasteiger partial charge in [0.15, 0.2) is 11.5 Å². The largest absolute Gasteiger partial charge is 0.504 e. The SMILES string of the molecule is CO[C@@]12CC[C@@H](NC(CO)C(=O)O)[C@@H]3Oc4c(O)ccc5c4[C@@]31CCN(C)C2C5. The Balaban J connectivity index is 1.68. The number of phenols is 1. The Hall–Kier alpha value is -1.87. The molecule has 2 aliphatic heterocycles. The number of carboxylic acids is 1. The molecule has 0 aromatic heterocycles. The van der Waals surface area contributed by atoms with Gasteiger partial charge in [0.25, 0.3) is 0 Å². The second-order valence-corrected chi connectivity index (χ2v) is 8.89. The highest BCUT2D eigenvalue weighted by atomic mass is 16.5. The van der Waals surface area contributed by atoms with Crippen LogP contribution in [0.2, 0.25) is 0 Å². The Bertz CT molecular complexity index is 862. The number of ether oxygens (including phenoxy) is 2. The van der Waals surface area contributed by atoms with Crippen LogP contribution in [0.4, 0.5) is 0 Å². The highest BCUT2D eigenvalue weighted by molar-refractivity contribution is 5.73. The highest BCUT2D eigenvalue weighted by Crippen LogP contribution is 2.66. The molecule has 5 rings (SSSR count). The van der Waals surface area contributed by atoms with Crippen molar-refractivity contribution in [2.24, 2.45) is 0 Å². The first kappa shape index (κ1) is 19.1. The van der Waals surface area contributed by atoms with Gasteiger partial charge >= 0.3 is 5.97 Å². The molecule has 0 radical (unpaired) electrons. The molecule has 1 spiro atoms. The summed E-state index contributed by atoms with van der Waals surface area (Å²) in [5.41, 5.74) is 1.28. The van der Waals surface area contributed by atoms with E-state index in [1.165, 1.54) is 5.56 Å². The number of hydrogen-bond acceptors (Lipinski definition) is 7. The minimum absolute atomic E-state index is 0.116. The van der Waals surface area contributed by atoms with E-state index in [1.807, 2.05) is 6.07 Å². The molecule has 1 saturated carbocycles. The number of methoxy groups -OCH3 is 1. The zero-order valence-corrected chi connectivity index (χ0v) is 16.7. The molecule has 1 saturated heterocycles. The molecule has 0 amide bonds. The average Bonchev–Trinajstić information content (AvgIpc) is 3.06. The lowest BCUT2D eigenvalue weighted by Crippen LogP contribution is -2.78. The van der Waals surface area contributed by atoms with E-state index in [4.69, 9.17) is 9.47 Å². The van der Waals surface area contributed by atoms with Crippen LogP contribution in [0.3, 0.4) is 0 Å². The number of benzene rings is 1. The quantitative estimate of drug-likeness (QED) is 0.552. The van der Waals surface area contributed by atoms with Gasteiger partial charge in [-0.15, -0.1) is 0 Å². The molecule has 1 aromatic rings. The van der Waals surface area contributed by atoms with E-state index in [9.17, 15) is 20.1 Å². The van der Waals surface area contributed by atoms with Gasteiger partial charge in [-0.05, 0) is 50.9 Å². The molecule has 2 fully saturated rings. The number of aliphatic hydroxyl groups excluding tert-OH is 1. The van der Waals surface area contributed by atoms with Crippen molar-refractivity contribution in [1.29, 1.82) is 0 Å². The Kier molecular flexibility index (Phi) is 4.16. The number of phenolic OH excluding ortho intramolecular Hbond substituents is 1. The van der Waals surface area contributed by atoms with Gasteiger partial charge < -0.3 is 29.7 Å². The predicted molar refractivity (Wildman–Crippen MR) is 103 cm³/mol. The van der Waals surface area contributed by atoms with E-state index in [-0.39, 0.29) is 23.9 Å². The normalized spacial score (nSPS) is 38.2. The number of rotatable bonds is 5. The number of carboxylic acid groups (broad SMARTS) is 1. The smallest absolute Gasteiger partial charge is 0.323 e. The Morgan fingerprint density at radius 1 is 1.45 bits per heavy atom. The van der Waals surface area contributed by atoms with Gasteiger partial charge in [0.05, 0.1) is 17.6 Å². The second-order valence-electron chi connectivity index (χ2n) is 8.89. The van der Waals surface area contributed by atoms with Crippen LogP contribution >= 0.6 is 0 Å². The van der Waals surface area contributed by atoms with E-state index in [2.05, 4.69) is 17.3 Å². The van der Waals surface area contributed by atoms with Crippen molar-refractivity contribution in [3.8, 4) is 11.5 Å². The highest BCUT2D eigenvalue weighted by Gasteiger charge is 2.73. The molecule has 8 heteroatoms. The summed E-state index contributed by atoms with van der Waals surface area (Å²) in [6.07, 6.45) is 2.68. The van der Waals surface area contributed by atoms with Crippen LogP contribution in [0.5, 0.6) is 11.5 Å². The molecule has 2 heterocycles. The van der Waals surface area contributed by atoms with Crippen LogP contribution in [-0.4, -0.2) is 83.3 Å². The summed E-state index contributed by atoms with van der Waals surface area (Å²) < 4.78 is 12.8. The lowest BCUT2D eigenvalue weighted by atomic mass is 9.48. The number of carbonyl (C=O) groups is 1. The van der Waals surface area contributed by atoms with Crippen LogP contribution in [0.1, 0.15) is 30.4 Å². The zero-order chi connectivity index (χ0) is 20.6. The summed E-state index contributed by atoms with van der Waals surface area (Å²) >= 11 is 0. The van der Waals surface area contributed by atoms with Gasteiger partial charge in [-0.3, -0.25) is 10.1 Å². The van der Waals surface area contributed by atoms with Crippen LogP contribution in [-0.2, 0) is 21.4 Å². The van der Waals surface area contributed by atoms with Crippen molar-refractivity contribution in [2.45, 2.75) is 60.9 Å². The fourth-order valence-electron chi connectivity index (χ4n) is 6.77. The Morgan fingerprint density at radius 3 is 2.93 bits per heavy atom. The number of nitrogens with one attached hydrogen (secondary N) is 1. The zero-order valence-electron chi connectivity index (χ0n) is 16.7. The van der Waals surface area contributed by atoms with Crippen LogP contribution in [0.25, 0.3) is 0 Å². The van der Waals surface area contributed by atoms with Crippen molar-refractivity contribution >= 4 is 5.97 Å². The number of likely N-dealkylation sites (N-methyl/N-ethyl adjacent to an activating group) is 1. The molecule has 2 bridgehead atoms. The van der Waals surface area contributed by atoms with Gasteiger partial charge in [0.2, 0.25) is 0 Å². The van der Waals surface area contributed by atoms with Gasteiger partial charge in [-0.1, -0.05) is 6.07 Å². The molecule has 2 unspecified atom stereocenters. The maximum Gasteiger partial charge on any atom is 0.323 e. The summed E-state index contributed by atoms with van der Waals surface area (Å²) in [7, 11) is 3.89. The van der Waals surface area contributed by atoms with E-state index in [0.717, 1.165) is 31.4 Å². The van der Waals surface area contributed by atoms with Gasteiger partial charge in [0, 0.05) is 24.8 Å². The maximum absolute atomic E-state index is 11.5. The summed E-state index contributed by atoms with van der Waals surface area (Å²) in [5, 5.41) is 32.7. The lowest BCUT2D eigenvalue weighted by Gasteiger charge is -2.65. The Morgan fingerprint density at radius 2 is 2.24 bits per heavy atom. The van der Waals surface area contributed by atoms with Gasteiger partial charge in [-0.2, -0.15) is 0 Å². The summed E-state index contributed by atoms with van der Waals surface area (Å²) in [6, 6.07) is 2.53. The number of hydrogen-bond donors (Lipinski definition) is 4. The fourth-order valence-corrected chi connectivity index (χ4v) is 6.77. The van der Waals surface area contributed by atoms with Crippen LogP contribution < -0.4 is 10.1 Å². The lowest BCUT2D eigenvalue weighted by molar-refractivity contribution is -0.204. The predicted octanol–water partition coefficient (Wildman–Crippen LogP) is 0.234. The van der Waals surface area contributed by atoms with E-state index in [0.29, 0.717) is 12.2 Å². The van der Waals surface area contributed by atoms with E-state index in [1.54, 1.807) is 13.2 Å². The molecule has 4 N–H and O–H groups in total. The second kappa shape index (κ2) is 6.31. The molecule has 1 aromatic carbocycles. The van der Waals surface area contributed by atoms with E-state index >= 15 is 0 Å². The van der Waals surface area contributed by atoms with Crippen molar-refractivity contribution < 1.29 is 29.6 Å². The first-order chi connectivity index (χ1) is 13.9. The molecule has 4 aliphatic rings. The molecular formula is C21H28N2O6. The van der Waals surface area contributed by atoms with Gasteiger partial charge in [0.1, 0.15) is 12.1 Å².